The predicted octanol–water partition coefficient (Wildman–Crippen LogP) is 1.43. The van der Waals surface area contributed by atoms with E-state index in [0.717, 1.165) is 12.8 Å². The van der Waals surface area contributed by atoms with E-state index in [1.807, 2.05) is 6.07 Å². The summed E-state index contributed by atoms with van der Waals surface area (Å²) in [6.45, 7) is -0.370. The second kappa shape index (κ2) is 8.58. The summed E-state index contributed by atoms with van der Waals surface area (Å²) in [7, 11) is 1.48. The van der Waals surface area contributed by atoms with Crippen LogP contribution < -0.4 is 14.8 Å². The van der Waals surface area contributed by atoms with Crippen molar-refractivity contribution in [3.8, 4) is 17.6 Å². The number of carbonyl (C=O) groups excluding carboxylic acids is 2. The topological polar surface area (TPSA) is 97.7 Å². The minimum absolute atomic E-state index is 0.0825. The average Bonchev–Trinajstić information content (AvgIpc) is 3.40. The molecule has 0 aromatic heterocycles. The van der Waals surface area contributed by atoms with E-state index in [9.17, 15) is 9.59 Å². The van der Waals surface area contributed by atoms with Gasteiger partial charge in [0.2, 0.25) is 0 Å². The van der Waals surface area contributed by atoms with Gasteiger partial charge in [-0.3, -0.25) is 4.79 Å². The van der Waals surface area contributed by atoms with Crippen molar-refractivity contribution < 1.29 is 23.8 Å². The molecule has 0 unspecified atom stereocenters. The van der Waals surface area contributed by atoms with Crippen LogP contribution in [0.5, 0.6) is 11.5 Å². The van der Waals surface area contributed by atoms with Gasteiger partial charge in [0.05, 0.1) is 7.11 Å². The Balaban J connectivity index is 1.86. The van der Waals surface area contributed by atoms with Crippen molar-refractivity contribution in [2.24, 2.45) is 0 Å². The van der Waals surface area contributed by atoms with Gasteiger partial charge in [0.1, 0.15) is 6.07 Å². The maximum atomic E-state index is 11.6. The first-order valence-electron chi connectivity index (χ1n) is 7.44. The molecule has 0 saturated heterocycles. The monoisotopic (exact) mass is 330 g/mol. The molecule has 1 aliphatic rings. The Morgan fingerprint density at radius 3 is 2.83 bits per heavy atom. The van der Waals surface area contributed by atoms with Crippen molar-refractivity contribution in [1.82, 2.24) is 5.32 Å². The first-order chi connectivity index (χ1) is 11.6. The van der Waals surface area contributed by atoms with E-state index in [4.69, 9.17) is 19.5 Å². The van der Waals surface area contributed by atoms with Crippen LogP contribution in [0.25, 0.3) is 6.08 Å². The van der Waals surface area contributed by atoms with E-state index in [2.05, 4.69) is 5.32 Å². The summed E-state index contributed by atoms with van der Waals surface area (Å²) in [5.74, 6) is -0.00950. The number of hydrogen-bond acceptors (Lipinski definition) is 6. The highest BCUT2D eigenvalue weighted by Crippen LogP contribution is 2.28. The van der Waals surface area contributed by atoms with E-state index in [0.29, 0.717) is 17.1 Å². The summed E-state index contributed by atoms with van der Waals surface area (Å²) >= 11 is 0. The van der Waals surface area contributed by atoms with E-state index < -0.39 is 5.97 Å². The molecule has 126 valence electrons. The predicted molar refractivity (Wildman–Crippen MR) is 85.3 cm³/mol. The number of benzene rings is 1. The lowest BCUT2D eigenvalue weighted by atomic mass is 10.2. The number of esters is 1. The number of carbonyl (C=O) groups is 2. The molecule has 0 heterocycles. The highest BCUT2D eigenvalue weighted by molar-refractivity contribution is 5.89. The van der Waals surface area contributed by atoms with Crippen LogP contribution in [0.4, 0.5) is 0 Å². The fourth-order valence-corrected chi connectivity index (χ4v) is 1.86. The van der Waals surface area contributed by atoms with Gasteiger partial charge in [-0.1, -0.05) is 6.07 Å². The van der Waals surface area contributed by atoms with Gasteiger partial charge in [-0.25, -0.2) is 4.79 Å². The zero-order valence-electron chi connectivity index (χ0n) is 13.3. The fraction of sp³-hybridized carbons (Fsp3) is 0.353. The van der Waals surface area contributed by atoms with Crippen LogP contribution in [0.3, 0.4) is 0 Å². The standard InChI is InChI=1S/C17H18N2O5/c1-22-15-10-12(2-6-14(15)23-9-8-18)3-7-17(21)24-11-16(20)19-13-4-5-13/h2-3,6-7,10,13H,4-5,9,11H2,1H3,(H,19,20)/b7-3+. The Morgan fingerprint density at radius 1 is 1.38 bits per heavy atom. The Bertz CT molecular complexity index is 674. The number of nitriles is 1. The molecule has 0 bridgehead atoms. The van der Waals surface area contributed by atoms with Gasteiger partial charge in [0.25, 0.3) is 5.91 Å². The smallest absolute Gasteiger partial charge is 0.331 e. The van der Waals surface area contributed by atoms with Crippen LogP contribution in [0, 0.1) is 11.3 Å². The summed E-state index contributed by atoms with van der Waals surface area (Å²) in [4.78, 5) is 23.0. The minimum Gasteiger partial charge on any atom is -0.493 e. The van der Waals surface area contributed by atoms with Crippen molar-refractivity contribution >= 4 is 18.0 Å². The number of hydrogen-bond donors (Lipinski definition) is 1. The molecule has 7 heteroatoms. The Labute approximate surface area is 139 Å². The maximum Gasteiger partial charge on any atom is 0.331 e. The van der Waals surface area contributed by atoms with Gasteiger partial charge in [-0.2, -0.15) is 5.26 Å². The summed E-state index contributed by atoms with van der Waals surface area (Å²) in [6.07, 6.45) is 4.73. The zero-order chi connectivity index (χ0) is 17.4. The van der Waals surface area contributed by atoms with Crippen LogP contribution in [0.1, 0.15) is 18.4 Å². The van der Waals surface area contributed by atoms with Crippen LogP contribution in [-0.2, 0) is 14.3 Å². The summed E-state index contributed by atoms with van der Waals surface area (Å²) in [5, 5.41) is 11.3. The van der Waals surface area contributed by atoms with Crippen LogP contribution in [0.15, 0.2) is 24.3 Å². The molecule has 0 spiro atoms. The molecular formula is C17H18N2O5. The zero-order valence-corrected chi connectivity index (χ0v) is 13.3. The summed E-state index contributed by atoms with van der Waals surface area (Å²) in [6, 6.07) is 7.13. The number of nitrogens with zero attached hydrogens (tertiary/aromatic N) is 1. The number of methoxy groups -OCH3 is 1. The van der Waals surface area contributed by atoms with Gasteiger partial charge in [-0.15, -0.1) is 0 Å². The summed E-state index contributed by atoms with van der Waals surface area (Å²) in [5.41, 5.74) is 0.690. The molecule has 1 aromatic rings. The van der Waals surface area contributed by atoms with Gasteiger partial charge < -0.3 is 19.5 Å². The highest BCUT2D eigenvalue weighted by Gasteiger charge is 2.23. The normalized spacial score (nSPS) is 13.2. The lowest BCUT2D eigenvalue weighted by molar-refractivity contribution is -0.143. The second-order valence-electron chi connectivity index (χ2n) is 5.14. The molecule has 2 rings (SSSR count). The van der Waals surface area contributed by atoms with Crippen molar-refractivity contribution in [1.29, 1.82) is 5.26 Å². The third kappa shape index (κ3) is 5.65. The van der Waals surface area contributed by atoms with Crippen molar-refractivity contribution in [3.63, 3.8) is 0 Å². The Kier molecular flexibility index (Phi) is 6.20. The third-order valence-electron chi connectivity index (χ3n) is 3.18. The van der Waals surface area contributed by atoms with Crippen LogP contribution in [0.2, 0.25) is 0 Å². The second-order valence-corrected chi connectivity index (χ2v) is 5.14. The summed E-state index contributed by atoms with van der Waals surface area (Å²) < 4.78 is 15.2. The molecule has 0 radical (unpaired) electrons. The van der Waals surface area contributed by atoms with E-state index >= 15 is 0 Å². The van der Waals surface area contributed by atoms with Crippen LogP contribution in [-0.4, -0.2) is 38.2 Å². The SMILES string of the molecule is COc1cc(/C=C/C(=O)OCC(=O)NC2CC2)ccc1OCC#N. The third-order valence-corrected chi connectivity index (χ3v) is 3.18. The largest absolute Gasteiger partial charge is 0.493 e. The number of nitrogens with one attached hydrogen (secondary N) is 1. The molecular weight excluding hydrogens is 312 g/mol. The molecule has 1 amide bonds. The van der Waals surface area contributed by atoms with Gasteiger partial charge >= 0.3 is 5.97 Å². The first kappa shape index (κ1) is 17.3. The first-order valence-corrected chi connectivity index (χ1v) is 7.44. The Morgan fingerprint density at radius 2 is 2.17 bits per heavy atom. The minimum atomic E-state index is -0.607. The van der Waals surface area contributed by atoms with E-state index in [-0.39, 0.29) is 25.2 Å². The molecule has 7 nitrogen and oxygen atoms in total. The van der Waals surface area contributed by atoms with Crippen LogP contribution >= 0.6 is 0 Å². The molecule has 1 aromatic carbocycles. The van der Waals surface area contributed by atoms with Gasteiger partial charge in [-0.05, 0) is 36.6 Å². The van der Waals surface area contributed by atoms with E-state index in [1.54, 1.807) is 18.2 Å². The molecule has 0 aliphatic heterocycles. The lowest BCUT2D eigenvalue weighted by Gasteiger charge is -2.08. The van der Waals surface area contributed by atoms with Gasteiger partial charge in [0, 0.05) is 12.1 Å². The Hall–Kier alpha value is -3.01. The van der Waals surface area contributed by atoms with E-state index in [1.165, 1.54) is 19.3 Å². The molecule has 1 N–H and O–H groups in total. The molecule has 1 fully saturated rings. The highest BCUT2D eigenvalue weighted by atomic mass is 16.5. The number of amides is 1. The molecule has 1 saturated carbocycles. The van der Waals surface area contributed by atoms with Gasteiger partial charge in [0.15, 0.2) is 24.7 Å². The molecule has 24 heavy (non-hydrogen) atoms. The van der Waals surface area contributed by atoms with Crippen molar-refractivity contribution in [3.05, 3.63) is 29.8 Å². The quantitative estimate of drug-likeness (QED) is 0.572. The maximum absolute atomic E-state index is 11.6. The van der Waals surface area contributed by atoms with Crippen molar-refractivity contribution in [2.45, 2.75) is 18.9 Å². The molecule has 0 atom stereocenters. The fourth-order valence-electron chi connectivity index (χ4n) is 1.86. The number of rotatable bonds is 8. The lowest BCUT2D eigenvalue weighted by Crippen LogP contribution is -2.30. The molecule has 1 aliphatic carbocycles. The number of ether oxygens (including phenoxy) is 3. The van der Waals surface area contributed by atoms with Crippen molar-refractivity contribution in [2.75, 3.05) is 20.3 Å². The average molecular weight is 330 g/mol.